The van der Waals surface area contributed by atoms with Crippen molar-refractivity contribution in [3.05, 3.63) is 11.9 Å². The Labute approximate surface area is 220 Å². The summed E-state index contributed by atoms with van der Waals surface area (Å²) >= 11 is 0. The van der Waals surface area contributed by atoms with Crippen molar-refractivity contribution in [2.45, 2.75) is 42.9 Å². The minimum atomic E-state index is -1.71. The molecule has 0 unspecified atom stereocenters. The maximum Gasteiger partial charge on any atom is 0.316 e. The third kappa shape index (κ3) is 8.77. The van der Waals surface area contributed by atoms with E-state index < -0.39 is 97.5 Å². The van der Waals surface area contributed by atoms with Gasteiger partial charge in [-0.3, -0.25) is 24.0 Å². The van der Waals surface area contributed by atoms with Gasteiger partial charge < -0.3 is 69.7 Å². The Kier molecular flexibility index (Phi) is 10.9. The summed E-state index contributed by atoms with van der Waals surface area (Å²) in [6.45, 7) is -2.42. The molecule has 0 aliphatic carbocycles. The SMILES string of the molecule is NC(=O)N/C=C1\NC(=O)[C@H](CO)NC(=O)[C@H](CO)NC(=O)[C@@H](N)CNC(=O)[C@H]([C@@H]2C[C@@H](O)N=C(N)N2)NC1=O. The van der Waals surface area contributed by atoms with Crippen LogP contribution in [0.1, 0.15) is 6.42 Å². The summed E-state index contributed by atoms with van der Waals surface area (Å²) < 4.78 is 0. The average Bonchev–Trinajstić information content (AvgIpc) is 2.87. The van der Waals surface area contributed by atoms with Gasteiger partial charge in [0, 0.05) is 19.2 Å². The topological polar surface area (TPSA) is 338 Å². The van der Waals surface area contributed by atoms with Crippen molar-refractivity contribution >= 4 is 41.5 Å². The van der Waals surface area contributed by atoms with E-state index in [2.05, 4.69) is 36.9 Å². The number of urea groups is 1. The molecule has 0 radical (unpaired) electrons. The molecule has 0 aromatic heterocycles. The van der Waals surface area contributed by atoms with Crippen LogP contribution in [0.4, 0.5) is 4.79 Å². The molecule has 2 rings (SSSR count). The maximum atomic E-state index is 13.1. The third-order valence-electron chi connectivity index (χ3n) is 5.38. The summed E-state index contributed by atoms with van der Waals surface area (Å²) in [5, 5.41) is 44.7. The summed E-state index contributed by atoms with van der Waals surface area (Å²) in [6, 6.07) is -8.48. The summed E-state index contributed by atoms with van der Waals surface area (Å²) in [4.78, 5) is 78.7. The number of rotatable bonds is 4. The molecule has 2 aliphatic heterocycles. The first-order valence-electron chi connectivity index (χ1n) is 11.4. The van der Waals surface area contributed by atoms with E-state index in [-0.39, 0.29) is 12.4 Å². The van der Waals surface area contributed by atoms with Crippen molar-refractivity contribution in [2.75, 3.05) is 19.8 Å². The molecule has 1 fully saturated rings. The Bertz CT molecular complexity index is 1050. The van der Waals surface area contributed by atoms with Gasteiger partial charge in [0.2, 0.25) is 23.6 Å². The van der Waals surface area contributed by atoms with Gasteiger partial charge in [0.15, 0.2) is 12.2 Å². The number of nitrogens with zero attached hydrogens (tertiary/aromatic N) is 1. The van der Waals surface area contributed by atoms with Crippen LogP contribution in [0, 0.1) is 0 Å². The number of aliphatic imine (C=N–C) groups is 1. The highest BCUT2D eigenvalue weighted by Crippen LogP contribution is 2.10. The number of carbonyl (C=O) groups excluding carboxylic acids is 6. The minimum absolute atomic E-state index is 0.215. The number of nitrogens with one attached hydrogen (secondary N) is 7. The zero-order chi connectivity index (χ0) is 29.3. The lowest BCUT2D eigenvalue weighted by Crippen LogP contribution is -2.64. The predicted octanol–water partition coefficient (Wildman–Crippen LogP) is -8.50. The lowest BCUT2D eigenvalue weighted by atomic mass is 10.0. The van der Waals surface area contributed by atoms with Gasteiger partial charge in [0.1, 0.15) is 29.9 Å². The molecular formula is C19H31N11O9. The van der Waals surface area contributed by atoms with Crippen molar-refractivity contribution in [3.63, 3.8) is 0 Å². The Hall–Kier alpha value is -4.53. The minimum Gasteiger partial charge on any atom is -0.394 e. The number of amides is 7. The monoisotopic (exact) mass is 557 g/mol. The quantitative estimate of drug-likeness (QED) is 0.143. The molecular weight excluding hydrogens is 526 g/mol. The van der Waals surface area contributed by atoms with Crippen LogP contribution in [0.2, 0.25) is 0 Å². The molecule has 16 N–H and O–H groups in total. The summed E-state index contributed by atoms with van der Waals surface area (Å²) in [5.74, 6) is -5.56. The zero-order valence-electron chi connectivity index (χ0n) is 20.3. The molecule has 0 bridgehead atoms. The highest BCUT2D eigenvalue weighted by atomic mass is 16.3. The van der Waals surface area contributed by atoms with E-state index in [4.69, 9.17) is 17.2 Å². The lowest BCUT2D eigenvalue weighted by Gasteiger charge is -2.32. The van der Waals surface area contributed by atoms with Crippen molar-refractivity contribution in [1.82, 2.24) is 37.2 Å². The van der Waals surface area contributed by atoms with Gasteiger partial charge in [-0.15, -0.1) is 0 Å². The van der Waals surface area contributed by atoms with Crippen LogP contribution in [-0.2, 0) is 24.0 Å². The van der Waals surface area contributed by atoms with Crippen molar-refractivity contribution in [3.8, 4) is 0 Å². The normalized spacial score (nSPS) is 30.5. The number of aliphatic hydroxyl groups is 3. The largest absolute Gasteiger partial charge is 0.394 e. The fourth-order valence-electron chi connectivity index (χ4n) is 3.39. The van der Waals surface area contributed by atoms with Crippen LogP contribution in [-0.4, -0.2) is 113 Å². The fourth-order valence-corrected chi connectivity index (χ4v) is 3.39. The second-order valence-electron chi connectivity index (χ2n) is 8.33. The zero-order valence-corrected chi connectivity index (χ0v) is 20.3. The number of aliphatic hydroxyl groups excluding tert-OH is 3. The number of guanidine groups is 1. The molecule has 20 heteroatoms. The molecule has 0 spiro atoms. The average molecular weight is 558 g/mol. The predicted molar refractivity (Wildman–Crippen MR) is 129 cm³/mol. The highest BCUT2D eigenvalue weighted by Gasteiger charge is 2.36. The van der Waals surface area contributed by atoms with Gasteiger partial charge in [-0.2, -0.15) is 0 Å². The summed E-state index contributed by atoms with van der Waals surface area (Å²) in [5.41, 5.74) is 15.8. The van der Waals surface area contributed by atoms with Crippen molar-refractivity contribution < 1.29 is 44.1 Å². The van der Waals surface area contributed by atoms with Crippen LogP contribution in [0.15, 0.2) is 16.9 Å². The number of carbonyl (C=O) groups is 6. The van der Waals surface area contributed by atoms with Crippen LogP contribution in [0.25, 0.3) is 0 Å². The maximum absolute atomic E-state index is 13.1. The second-order valence-corrected chi connectivity index (χ2v) is 8.33. The Balaban J connectivity index is 2.48. The number of hydrogen-bond donors (Lipinski definition) is 13. The van der Waals surface area contributed by atoms with Gasteiger partial charge in [-0.05, 0) is 0 Å². The first-order valence-corrected chi connectivity index (χ1v) is 11.4. The molecule has 20 nitrogen and oxygen atoms in total. The molecule has 7 amide bonds. The smallest absolute Gasteiger partial charge is 0.316 e. The molecule has 0 saturated carbocycles. The van der Waals surface area contributed by atoms with Crippen LogP contribution >= 0.6 is 0 Å². The van der Waals surface area contributed by atoms with Crippen molar-refractivity contribution in [2.24, 2.45) is 22.2 Å². The lowest BCUT2D eigenvalue weighted by molar-refractivity contribution is -0.134. The van der Waals surface area contributed by atoms with Gasteiger partial charge >= 0.3 is 6.03 Å². The molecule has 2 heterocycles. The number of hydrogen-bond acceptors (Lipinski definition) is 13. The summed E-state index contributed by atoms with van der Waals surface area (Å²) in [7, 11) is 0. The van der Waals surface area contributed by atoms with E-state index in [0.29, 0.717) is 6.20 Å². The van der Waals surface area contributed by atoms with E-state index >= 15 is 0 Å². The van der Waals surface area contributed by atoms with E-state index in [0.717, 1.165) is 0 Å². The summed E-state index contributed by atoms with van der Waals surface area (Å²) in [6.07, 6.45) is -0.868. The Morgan fingerprint density at radius 2 is 1.59 bits per heavy atom. The van der Waals surface area contributed by atoms with Crippen LogP contribution in [0.5, 0.6) is 0 Å². The molecule has 39 heavy (non-hydrogen) atoms. The van der Waals surface area contributed by atoms with Gasteiger partial charge in [0.05, 0.1) is 19.3 Å². The van der Waals surface area contributed by atoms with Gasteiger partial charge in [0.25, 0.3) is 5.91 Å². The molecule has 216 valence electrons. The van der Waals surface area contributed by atoms with Crippen LogP contribution < -0.4 is 54.4 Å². The van der Waals surface area contributed by atoms with E-state index in [1.165, 1.54) is 0 Å². The van der Waals surface area contributed by atoms with Crippen LogP contribution in [0.3, 0.4) is 0 Å². The highest BCUT2D eigenvalue weighted by molar-refractivity contribution is 6.02. The van der Waals surface area contributed by atoms with Gasteiger partial charge in [-0.25, -0.2) is 9.79 Å². The second kappa shape index (κ2) is 13.9. The number of nitrogens with two attached hydrogens (primary N) is 3. The van der Waals surface area contributed by atoms with E-state index in [1.54, 1.807) is 0 Å². The molecule has 2 aliphatic rings. The van der Waals surface area contributed by atoms with E-state index in [1.807, 2.05) is 5.32 Å². The van der Waals surface area contributed by atoms with Crippen molar-refractivity contribution in [1.29, 1.82) is 0 Å². The third-order valence-corrected chi connectivity index (χ3v) is 5.38. The molecule has 6 atom stereocenters. The van der Waals surface area contributed by atoms with E-state index in [9.17, 15) is 44.1 Å². The molecule has 1 saturated heterocycles. The fraction of sp³-hybridized carbons (Fsp3) is 0.526. The number of primary amides is 1. The Morgan fingerprint density at radius 1 is 0.974 bits per heavy atom. The first-order chi connectivity index (χ1) is 18.4. The van der Waals surface area contributed by atoms with Gasteiger partial charge in [-0.1, -0.05) is 0 Å². The molecule has 0 aromatic carbocycles. The molecule has 0 aromatic rings. The Morgan fingerprint density at radius 3 is 2.18 bits per heavy atom. The first kappa shape index (κ1) is 30.7. The standard InChI is InChI=1S/C19H31N11O9/c20-6-2-23-17(38)12(7-1-11(33)29-18(21)28-7)30-14(35)8(3-24-19(22)39)25-15(36)10(5-32)27-16(37)9(4-31)26-13(6)34/h3,6-7,9-12,31-33H,1-2,4-5,20H2,(H,23,38)(H,25,36)(H,26,34)(H,27,37)(H,30,35)(H3,21,28,29)(H3,22,24,39)/b8-3-/t6-,7-,9-,10-,11+,12-/m0/s1.